The number of carbonyl (C=O) groups excluding carboxylic acids is 1. The second-order valence-corrected chi connectivity index (χ2v) is 7.55. The van der Waals surface area contributed by atoms with Gasteiger partial charge in [0.25, 0.3) is 0 Å². The monoisotopic (exact) mass is 329 g/mol. The van der Waals surface area contributed by atoms with Crippen LogP contribution < -0.4 is 5.32 Å². The van der Waals surface area contributed by atoms with E-state index in [0.29, 0.717) is 30.6 Å². The molecule has 3 unspecified atom stereocenters. The number of hydrogen-bond donors (Lipinski definition) is 2. The topological polar surface area (TPSA) is 58.6 Å². The highest BCUT2D eigenvalue weighted by Gasteiger charge is 2.65. The van der Waals surface area contributed by atoms with Gasteiger partial charge < -0.3 is 15.2 Å². The van der Waals surface area contributed by atoms with Gasteiger partial charge in [-0.05, 0) is 24.8 Å². The van der Waals surface area contributed by atoms with E-state index in [1.54, 1.807) is 0 Å². The van der Waals surface area contributed by atoms with Crippen molar-refractivity contribution in [2.45, 2.75) is 38.6 Å². The van der Waals surface area contributed by atoms with E-state index in [1.165, 1.54) is 13.2 Å². The van der Waals surface area contributed by atoms with Crippen molar-refractivity contribution in [3.05, 3.63) is 48.5 Å². The Morgan fingerprint density at radius 2 is 2.29 bits per heavy atom. The molecule has 0 aliphatic heterocycles. The van der Waals surface area contributed by atoms with Crippen LogP contribution in [0.3, 0.4) is 0 Å². The number of carbonyl (C=O) groups is 1. The Hall–Kier alpha value is -1.81. The molecule has 0 aromatic carbocycles. The summed E-state index contributed by atoms with van der Waals surface area (Å²) in [7, 11) is 1.53. The molecule has 130 valence electrons. The number of methoxy groups -OCH3 is 1. The maximum absolute atomic E-state index is 12.3. The quantitative estimate of drug-likeness (QED) is 0.445. The third-order valence-corrected chi connectivity index (χ3v) is 6.15. The third kappa shape index (κ3) is 2.27. The normalized spacial score (nSPS) is 38.2. The fraction of sp³-hybridized carbons (Fsp3) is 0.550. The maximum atomic E-state index is 12.3. The molecule has 4 heteroatoms. The molecular weight excluding hydrogens is 302 g/mol. The lowest BCUT2D eigenvalue weighted by Gasteiger charge is -2.44. The Kier molecular flexibility index (Phi) is 4.20. The summed E-state index contributed by atoms with van der Waals surface area (Å²) in [5, 5.41) is 14.4. The molecule has 2 fully saturated rings. The van der Waals surface area contributed by atoms with E-state index in [4.69, 9.17) is 4.74 Å². The fourth-order valence-electron chi connectivity index (χ4n) is 5.40. The Balaban J connectivity index is 2.09. The smallest absolute Gasteiger partial charge is 0.161 e. The van der Waals surface area contributed by atoms with Crippen LogP contribution in [0.4, 0.5) is 0 Å². The first-order chi connectivity index (χ1) is 11.4. The minimum Gasteiger partial charge on any atom is -0.504 e. The SMILES string of the molecule is C=CCNC1C2CCC(=O)C[C@]23CC1(C)C=C3/C(O)=C(\C=C)OC. The van der Waals surface area contributed by atoms with E-state index in [0.717, 1.165) is 25.0 Å². The lowest BCUT2D eigenvalue weighted by molar-refractivity contribution is -0.124. The molecule has 2 N–H and O–H groups in total. The van der Waals surface area contributed by atoms with Gasteiger partial charge in [0.2, 0.25) is 0 Å². The summed E-state index contributed by atoms with van der Waals surface area (Å²) in [5.41, 5.74) is 0.498. The Morgan fingerprint density at radius 3 is 2.92 bits per heavy atom. The standard InChI is InChI=1S/C20H27NO3/c1-5-9-21-18-14-8-7-13(22)10-20(14)12-19(18,3)11-15(20)17(23)16(6-2)24-4/h5-6,11,14,18,21,23H,1-2,7-10,12H2,3-4H3/b17-16-/t14?,18?,19?,20-/m0/s1. The molecular formula is C20H27NO3. The number of Topliss-reactive ketones (excluding diaryl/α,β-unsaturated/α-hetero) is 1. The van der Waals surface area contributed by atoms with Crippen molar-refractivity contribution in [1.29, 1.82) is 0 Å². The molecule has 0 aromatic heterocycles. The van der Waals surface area contributed by atoms with Gasteiger partial charge in [-0.3, -0.25) is 4.79 Å². The Bertz CT molecular complexity index is 647. The van der Waals surface area contributed by atoms with Gasteiger partial charge in [-0.1, -0.05) is 25.7 Å². The first-order valence-electron chi connectivity index (χ1n) is 8.61. The summed E-state index contributed by atoms with van der Waals surface area (Å²) in [5.74, 6) is 1.14. The molecule has 4 nitrogen and oxygen atoms in total. The van der Waals surface area contributed by atoms with Gasteiger partial charge >= 0.3 is 0 Å². The highest BCUT2D eigenvalue weighted by molar-refractivity contribution is 5.81. The van der Waals surface area contributed by atoms with Crippen LogP contribution in [-0.4, -0.2) is 30.6 Å². The average molecular weight is 329 g/mol. The number of fused-ring (bicyclic) bond motifs is 1. The van der Waals surface area contributed by atoms with Gasteiger partial charge in [-0.2, -0.15) is 0 Å². The summed E-state index contributed by atoms with van der Waals surface area (Å²) in [6.45, 7) is 10.5. The minimum atomic E-state index is -0.292. The Labute approximate surface area is 144 Å². The molecule has 2 saturated carbocycles. The molecule has 3 rings (SSSR count). The zero-order chi connectivity index (χ0) is 17.5. The van der Waals surface area contributed by atoms with Crippen LogP contribution in [0.25, 0.3) is 0 Å². The molecule has 3 aliphatic carbocycles. The molecule has 0 amide bonds. The number of allylic oxidation sites excluding steroid dienone is 2. The third-order valence-electron chi connectivity index (χ3n) is 6.15. The summed E-state index contributed by atoms with van der Waals surface area (Å²) >= 11 is 0. The molecule has 0 aromatic rings. The Morgan fingerprint density at radius 1 is 1.54 bits per heavy atom. The largest absolute Gasteiger partial charge is 0.504 e. The van der Waals surface area contributed by atoms with Crippen molar-refractivity contribution in [2.75, 3.05) is 13.7 Å². The van der Waals surface area contributed by atoms with Crippen molar-refractivity contribution in [3.63, 3.8) is 0 Å². The number of ketones is 1. The van der Waals surface area contributed by atoms with Crippen LogP contribution in [-0.2, 0) is 9.53 Å². The zero-order valence-corrected chi connectivity index (χ0v) is 14.6. The van der Waals surface area contributed by atoms with Crippen LogP contribution in [0, 0.1) is 16.7 Å². The zero-order valence-electron chi connectivity index (χ0n) is 14.6. The number of aliphatic hydroxyl groups excluding tert-OH is 1. The highest BCUT2D eigenvalue weighted by Crippen LogP contribution is 2.68. The fourth-order valence-corrected chi connectivity index (χ4v) is 5.40. The van der Waals surface area contributed by atoms with E-state index < -0.39 is 0 Å². The van der Waals surface area contributed by atoms with Crippen molar-refractivity contribution < 1.29 is 14.6 Å². The lowest BCUT2D eigenvalue weighted by Crippen LogP contribution is -2.49. The van der Waals surface area contributed by atoms with E-state index in [9.17, 15) is 9.90 Å². The second kappa shape index (κ2) is 5.92. The number of ether oxygens (including phenoxy) is 1. The number of rotatable bonds is 6. The molecule has 0 radical (unpaired) electrons. The van der Waals surface area contributed by atoms with Gasteiger partial charge in [0.05, 0.1) is 7.11 Å². The highest BCUT2D eigenvalue weighted by atomic mass is 16.5. The predicted molar refractivity (Wildman–Crippen MR) is 94.4 cm³/mol. The first-order valence-corrected chi connectivity index (χ1v) is 8.61. The van der Waals surface area contributed by atoms with Crippen LogP contribution in [0.1, 0.15) is 32.6 Å². The van der Waals surface area contributed by atoms with Crippen LogP contribution in [0.2, 0.25) is 0 Å². The molecule has 2 bridgehead atoms. The van der Waals surface area contributed by atoms with Crippen LogP contribution >= 0.6 is 0 Å². The summed E-state index contributed by atoms with van der Waals surface area (Å²) in [4.78, 5) is 12.3. The van der Waals surface area contributed by atoms with Gasteiger partial charge in [-0.15, -0.1) is 6.58 Å². The first kappa shape index (κ1) is 17.0. The van der Waals surface area contributed by atoms with Gasteiger partial charge in [0, 0.05) is 41.8 Å². The van der Waals surface area contributed by atoms with E-state index >= 15 is 0 Å². The van der Waals surface area contributed by atoms with Gasteiger partial charge in [0.1, 0.15) is 5.78 Å². The summed E-state index contributed by atoms with van der Waals surface area (Å²) < 4.78 is 5.27. The predicted octanol–water partition coefficient (Wildman–Crippen LogP) is 3.44. The van der Waals surface area contributed by atoms with Crippen LogP contribution in [0.15, 0.2) is 48.5 Å². The number of hydrogen-bond acceptors (Lipinski definition) is 4. The minimum absolute atomic E-state index is 0.0817. The van der Waals surface area contributed by atoms with E-state index in [1.807, 2.05) is 6.08 Å². The molecule has 4 atom stereocenters. The van der Waals surface area contributed by atoms with E-state index in [2.05, 4.69) is 31.5 Å². The summed E-state index contributed by atoms with van der Waals surface area (Å²) in [6.07, 6.45) is 8.44. The van der Waals surface area contributed by atoms with E-state index in [-0.39, 0.29) is 22.4 Å². The number of nitrogens with one attached hydrogen (secondary N) is 1. The molecule has 0 heterocycles. The number of aliphatic hydroxyl groups is 1. The van der Waals surface area contributed by atoms with Crippen molar-refractivity contribution in [3.8, 4) is 0 Å². The molecule has 1 spiro atoms. The van der Waals surface area contributed by atoms with Crippen molar-refractivity contribution in [2.24, 2.45) is 16.7 Å². The summed E-state index contributed by atoms with van der Waals surface area (Å²) in [6, 6.07) is 0.301. The molecule has 3 aliphatic rings. The molecule has 0 saturated heterocycles. The maximum Gasteiger partial charge on any atom is 0.161 e. The second-order valence-electron chi connectivity index (χ2n) is 7.55. The lowest BCUT2D eigenvalue weighted by atomic mass is 9.62. The average Bonchev–Trinajstić information content (AvgIpc) is 2.97. The van der Waals surface area contributed by atoms with Crippen molar-refractivity contribution in [1.82, 2.24) is 5.32 Å². The molecule has 24 heavy (non-hydrogen) atoms. The van der Waals surface area contributed by atoms with Crippen molar-refractivity contribution >= 4 is 5.78 Å². The van der Waals surface area contributed by atoms with Crippen LogP contribution in [0.5, 0.6) is 0 Å². The van der Waals surface area contributed by atoms with Gasteiger partial charge in [0.15, 0.2) is 11.5 Å². The van der Waals surface area contributed by atoms with Gasteiger partial charge in [-0.25, -0.2) is 0 Å².